The van der Waals surface area contributed by atoms with Crippen LogP contribution in [-0.2, 0) is 4.74 Å². The first-order valence-corrected chi connectivity index (χ1v) is 5.59. The maximum Gasteiger partial charge on any atom is 0.341 e. The molecule has 1 N–H and O–H groups in total. The van der Waals surface area contributed by atoms with E-state index in [-0.39, 0.29) is 11.3 Å². The van der Waals surface area contributed by atoms with Crippen molar-refractivity contribution in [1.29, 1.82) is 0 Å². The van der Waals surface area contributed by atoms with E-state index >= 15 is 0 Å². The normalized spacial score (nSPS) is 10.1. The number of phenols is 1. The number of halogens is 1. The summed E-state index contributed by atoms with van der Waals surface area (Å²) in [6.45, 7) is 0. The highest BCUT2D eigenvalue weighted by atomic mass is 35.5. The Hall–Kier alpha value is -2.00. The summed E-state index contributed by atoms with van der Waals surface area (Å²) < 4.78 is 4.56. The Morgan fingerprint density at radius 1 is 1.39 bits per heavy atom. The van der Waals surface area contributed by atoms with Crippen molar-refractivity contribution in [3.05, 3.63) is 53.1 Å². The van der Waals surface area contributed by atoms with Gasteiger partial charge in [0, 0.05) is 11.6 Å². The number of aromatic hydroxyl groups is 1. The van der Waals surface area contributed by atoms with Crippen LogP contribution in [0.4, 0.5) is 0 Å². The van der Waals surface area contributed by atoms with E-state index < -0.39 is 5.97 Å². The van der Waals surface area contributed by atoms with Crippen LogP contribution in [0, 0.1) is 6.07 Å². The van der Waals surface area contributed by atoms with Gasteiger partial charge < -0.3 is 9.84 Å². The SMILES string of the molecule is COC(=O)c1ccc(-c2ccc[c]c2Cl)cc1O. The van der Waals surface area contributed by atoms with Crippen LogP contribution >= 0.6 is 11.6 Å². The van der Waals surface area contributed by atoms with E-state index in [0.29, 0.717) is 10.6 Å². The number of hydrogen-bond donors (Lipinski definition) is 1. The summed E-state index contributed by atoms with van der Waals surface area (Å²) in [5.41, 5.74) is 1.57. The molecule has 0 aliphatic carbocycles. The van der Waals surface area contributed by atoms with E-state index in [0.717, 1.165) is 5.56 Å². The lowest BCUT2D eigenvalue weighted by atomic mass is 10.0. The van der Waals surface area contributed by atoms with Crippen molar-refractivity contribution in [1.82, 2.24) is 0 Å². The lowest BCUT2D eigenvalue weighted by Crippen LogP contribution is -2.01. The van der Waals surface area contributed by atoms with Gasteiger partial charge in [0.25, 0.3) is 0 Å². The molecule has 2 rings (SSSR count). The third-order valence-electron chi connectivity index (χ3n) is 2.52. The Balaban J connectivity index is 2.47. The summed E-state index contributed by atoms with van der Waals surface area (Å²) in [5.74, 6) is -0.718. The average molecular weight is 262 g/mol. The zero-order valence-electron chi connectivity index (χ0n) is 9.61. The first-order chi connectivity index (χ1) is 8.63. The standard InChI is InChI=1S/C14H10ClO3/c1-18-14(17)11-7-6-9(8-13(11)16)10-4-2-3-5-12(10)15/h2-4,6-8,16H,1H3. The van der Waals surface area contributed by atoms with Gasteiger partial charge in [0.2, 0.25) is 0 Å². The van der Waals surface area contributed by atoms with Gasteiger partial charge in [-0.25, -0.2) is 4.79 Å². The zero-order valence-corrected chi connectivity index (χ0v) is 10.4. The van der Waals surface area contributed by atoms with Crippen LogP contribution in [0.2, 0.25) is 5.02 Å². The van der Waals surface area contributed by atoms with Gasteiger partial charge >= 0.3 is 5.97 Å². The monoisotopic (exact) mass is 261 g/mol. The Labute approximate surface area is 110 Å². The van der Waals surface area contributed by atoms with Gasteiger partial charge in [-0.2, -0.15) is 0 Å². The first kappa shape index (κ1) is 12.5. The molecule has 0 aliphatic heterocycles. The number of carbonyl (C=O) groups excluding carboxylic acids is 1. The number of hydrogen-bond acceptors (Lipinski definition) is 3. The van der Waals surface area contributed by atoms with Gasteiger partial charge in [-0.1, -0.05) is 35.9 Å². The number of ether oxygens (including phenoxy) is 1. The molecule has 0 saturated heterocycles. The number of benzene rings is 2. The van der Waals surface area contributed by atoms with Crippen molar-refractivity contribution in [2.24, 2.45) is 0 Å². The van der Waals surface area contributed by atoms with Crippen molar-refractivity contribution >= 4 is 17.6 Å². The fourth-order valence-corrected chi connectivity index (χ4v) is 1.86. The summed E-state index contributed by atoms with van der Waals surface area (Å²) in [6.07, 6.45) is 0. The Bertz CT molecular complexity index is 593. The second-order valence-electron chi connectivity index (χ2n) is 3.62. The lowest BCUT2D eigenvalue weighted by molar-refractivity contribution is 0.0597. The zero-order chi connectivity index (χ0) is 13.1. The van der Waals surface area contributed by atoms with Crippen molar-refractivity contribution in [3.63, 3.8) is 0 Å². The predicted octanol–water partition coefficient (Wildman–Crippen LogP) is 3.30. The first-order valence-electron chi connectivity index (χ1n) is 5.21. The van der Waals surface area contributed by atoms with Gasteiger partial charge in [-0.15, -0.1) is 0 Å². The summed E-state index contributed by atoms with van der Waals surface area (Å²) in [4.78, 5) is 11.3. The highest BCUT2D eigenvalue weighted by Crippen LogP contribution is 2.31. The van der Waals surface area contributed by atoms with Crippen molar-refractivity contribution in [2.45, 2.75) is 0 Å². The maximum atomic E-state index is 11.3. The third kappa shape index (κ3) is 2.31. The van der Waals surface area contributed by atoms with E-state index in [9.17, 15) is 9.90 Å². The minimum absolute atomic E-state index is 0.122. The minimum atomic E-state index is -0.579. The molecule has 2 aromatic carbocycles. The molecule has 0 aliphatic rings. The van der Waals surface area contributed by atoms with E-state index in [4.69, 9.17) is 11.6 Å². The summed E-state index contributed by atoms with van der Waals surface area (Å²) in [6, 6.07) is 12.8. The van der Waals surface area contributed by atoms with Crippen LogP contribution in [0.5, 0.6) is 5.75 Å². The Morgan fingerprint density at radius 3 is 2.78 bits per heavy atom. The number of phenolic OH excluding ortho intramolecular Hbond substituents is 1. The second-order valence-corrected chi connectivity index (χ2v) is 4.00. The van der Waals surface area contributed by atoms with Gasteiger partial charge in [0.15, 0.2) is 0 Å². The van der Waals surface area contributed by atoms with Gasteiger partial charge in [-0.05, 0) is 17.7 Å². The number of methoxy groups -OCH3 is 1. The van der Waals surface area contributed by atoms with Crippen LogP contribution < -0.4 is 0 Å². The minimum Gasteiger partial charge on any atom is -0.507 e. The molecule has 4 heteroatoms. The van der Waals surface area contributed by atoms with E-state index in [1.54, 1.807) is 18.2 Å². The lowest BCUT2D eigenvalue weighted by Gasteiger charge is -2.07. The Kier molecular flexibility index (Phi) is 3.53. The molecule has 0 saturated carbocycles. The molecule has 0 bridgehead atoms. The third-order valence-corrected chi connectivity index (χ3v) is 2.83. The van der Waals surface area contributed by atoms with Crippen LogP contribution in [0.3, 0.4) is 0 Å². The van der Waals surface area contributed by atoms with Crippen molar-refractivity contribution in [2.75, 3.05) is 7.11 Å². The quantitative estimate of drug-likeness (QED) is 0.844. The largest absolute Gasteiger partial charge is 0.507 e. The Morgan fingerprint density at radius 2 is 2.17 bits per heavy atom. The second kappa shape index (κ2) is 5.10. The molecule has 0 heterocycles. The molecule has 3 nitrogen and oxygen atoms in total. The average Bonchev–Trinajstić information content (AvgIpc) is 2.38. The van der Waals surface area contributed by atoms with Crippen LogP contribution in [0.25, 0.3) is 11.1 Å². The van der Waals surface area contributed by atoms with Gasteiger partial charge in [0.1, 0.15) is 11.3 Å². The highest BCUT2D eigenvalue weighted by molar-refractivity contribution is 6.33. The summed E-state index contributed by atoms with van der Waals surface area (Å²) in [5, 5.41) is 10.3. The molecule has 0 atom stereocenters. The molecule has 0 aromatic heterocycles. The van der Waals surface area contributed by atoms with Gasteiger partial charge in [0.05, 0.1) is 12.1 Å². The summed E-state index contributed by atoms with van der Waals surface area (Å²) in [7, 11) is 1.26. The molecular weight excluding hydrogens is 252 g/mol. The fraction of sp³-hybridized carbons (Fsp3) is 0.0714. The van der Waals surface area contributed by atoms with E-state index in [2.05, 4.69) is 10.8 Å². The van der Waals surface area contributed by atoms with E-state index in [1.165, 1.54) is 19.2 Å². The molecule has 18 heavy (non-hydrogen) atoms. The summed E-state index contributed by atoms with van der Waals surface area (Å²) >= 11 is 6.01. The number of esters is 1. The van der Waals surface area contributed by atoms with Crippen LogP contribution in [0.1, 0.15) is 10.4 Å². The molecule has 91 valence electrons. The highest BCUT2D eigenvalue weighted by Gasteiger charge is 2.13. The van der Waals surface area contributed by atoms with Gasteiger partial charge in [-0.3, -0.25) is 0 Å². The molecule has 0 unspecified atom stereocenters. The number of carbonyl (C=O) groups is 1. The molecule has 0 spiro atoms. The predicted molar refractivity (Wildman–Crippen MR) is 68.7 cm³/mol. The molecule has 2 aromatic rings. The number of rotatable bonds is 2. The topological polar surface area (TPSA) is 46.5 Å². The molecule has 1 radical (unpaired) electrons. The fourth-order valence-electron chi connectivity index (χ4n) is 1.62. The molecular formula is C14H10ClO3. The maximum absolute atomic E-state index is 11.3. The molecule has 0 amide bonds. The van der Waals surface area contributed by atoms with Crippen molar-refractivity contribution in [3.8, 4) is 16.9 Å². The van der Waals surface area contributed by atoms with E-state index in [1.807, 2.05) is 6.07 Å². The molecule has 0 fully saturated rings. The van der Waals surface area contributed by atoms with Crippen LogP contribution in [0.15, 0.2) is 36.4 Å². The van der Waals surface area contributed by atoms with Crippen molar-refractivity contribution < 1.29 is 14.6 Å². The van der Waals surface area contributed by atoms with Crippen LogP contribution in [-0.4, -0.2) is 18.2 Å². The smallest absolute Gasteiger partial charge is 0.341 e.